The van der Waals surface area contributed by atoms with Crippen molar-refractivity contribution >= 4 is 27.5 Å². The molecule has 0 aliphatic carbocycles. The molecule has 0 fully saturated rings. The van der Waals surface area contributed by atoms with Gasteiger partial charge in [0.05, 0.1) is 20.6 Å². The van der Waals surface area contributed by atoms with Gasteiger partial charge in [0, 0.05) is 6.42 Å². The van der Waals surface area contributed by atoms with Gasteiger partial charge in [0.15, 0.2) is 0 Å². The van der Waals surface area contributed by atoms with Crippen LogP contribution in [0, 0.1) is 19.3 Å². The Labute approximate surface area is 110 Å². The third-order valence-electron chi connectivity index (χ3n) is 3.05. The summed E-state index contributed by atoms with van der Waals surface area (Å²) in [6.45, 7) is 7.58. The van der Waals surface area contributed by atoms with Gasteiger partial charge >= 0.3 is 5.97 Å². The number of carboxylic acids is 1. The van der Waals surface area contributed by atoms with E-state index < -0.39 is 11.4 Å². The lowest BCUT2D eigenvalue weighted by Gasteiger charge is -2.16. The number of benzene rings is 1. The molecular weight excluding hydrogens is 246 g/mol. The van der Waals surface area contributed by atoms with Gasteiger partial charge < -0.3 is 5.11 Å². The number of hydrogen-bond donors (Lipinski definition) is 1. The Morgan fingerprint density at radius 2 is 2.06 bits per heavy atom. The first-order valence-corrected chi connectivity index (χ1v) is 6.71. The van der Waals surface area contributed by atoms with Crippen LogP contribution in [0.4, 0.5) is 0 Å². The summed E-state index contributed by atoms with van der Waals surface area (Å²) >= 11 is 1.60. The fourth-order valence-electron chi connectivity index (χ4n) is 1.95. The molecule has 18 heavy (non-hydrogen) atoms. The Balaban J connectivity index is 2.42. The fraction of sp³-hybridized carbons (Fsp3) is 0.429. The molecule has 0 spiro atoms. The quantitative estimate of drug-likeness (QED) is 0.921. The predicted octanol–water partition coefficient (Wildman–Crippen LogP) is 3.57. The minimum absolute atomic E-state index is 0.472. The van der Waals surface area contributed by atoms with Gasteiger partial charge in [-0.3, -0.25) is 4.79 Å². The largest absolute Gasteiger partial charge is 0.481 e. The highest BCUT2D eigenvalue weighted by atomic mass is 32.1. The summed E-state index contributed by atoms with van der Waals surface area (Å²) in [6.07, 6.45) is 0.472. The second-order valence-corrected chi connectivity index (χ2v) is 6.52. The van der Waals surface area contributed by atoms with Gasteiger partial charge in [-0.2, -0.15) is 0 Å². The van der Waals surface area contributed by atoms with Crippen molar-refractivity contribution in [3.05, 3.63) is 28.3 Å². The zero-order valence-electron chi connectivity index (χ0n) is 11.1. The standard InChI is InChI=1S/C14H17NO2S/c1-8-5-9(2)12-10(6-8)18-11(15-12)7-14(3,4)13(16)17/h5-6H,7H2,1-4H3,(H,16,17). The van der Waals surface area contributed by atoms with Crippen molar-refractivity contribution in [3.8, 4) is 0 Å². The van der Waals surface area contributed by atoms with Crippen LogP contribution in [-0.4, -0.2) is 16.1 Å². The Morgan fingerprint density at radius 1 is 1.39 bits per heavy atom. The lowest BCUT2D eigenvalue weighted by molar-refractivity contribution is -0.146. The Kier molecular flexibility index (Phi) is 3.15. The number of carboxylic acid groups (broad SMARTS) is 1. The maximum absolute atomic E-state index is 11.1. The molecule has 0 unspecified atom stereocenters. The summed E-state index contributed by atoms with van der Waals surface area (Å²) < 4.78 is 1.14. The Morgan fingerprint density at radius 3 is 2.67 bits per heavy atom. The molecule has 1 aromatic carbocycles. The van der Waals surface area contributed by atoms with Crippen LogP contribution in [0.2, 0.25) is 0 Å². The van der Waals surface area contributed by atoms with Crippen LogP contribution in [0.1, 0.15) is 30.0 Å². The number of aliphatic carboxylic acids is 1. The maximum Gasteiger partial charge on any atom is 0.309 e. The highest BCUT2D eigenvalue weighted by molar-refractivity contribution is 7.18. The van der Waals surface area contributed by atoms with E-state index in [1.165, 1.54) is 5.56 Å². The molecule has 0 atom stereocenters. The van der Waals surface area contributed by atoms with E-state index in [4.69, 9.17) is 5.11 Å². The Bertz CT molecular complexity index is 614. The number of nitrogens with zero attached hydrogens (tertiary/aromatic N) is 1. The van der Waals surface area contributed by atoms with E-state index in [1.807, 2.05) is 6.92 Å². The predicted molar refractivity (Wildman–Crippen MR) is 74.2 cm³/mol. The van der Waals surface area contributed by atoms with Crippen LogP contribution in [0.15, 0.2) is 12.1 Å². The molecule has 1 N–H and O–H groups in total. The molecule has 1 aromatic heterocycles. The molecule has 0 bridgehead atoms. The average molecular weight is 263 g/mol. The van der Waals surface area contributed by atoms with Crippen molar-refractivity contribution in [1.29, 1.82) is 0 Å². The van der Waals surface area contributed by atoms with Crippen LogP contribution < -0.4 is 0 Å². The number of hydrogen-bond acceptors (Lipinski definition) is 3. The zero-order chi connectivity index (χ0) is 13.5. The maximum atomic E-state index is 11.1. The number of aryl methyl sites for hydroxylation is 2. The minimum Gasteiger partial charge on any atom is -0.481 e. The van der Waals surface area contributed by atoms with E-state index in [9.17, 15) is 4.79 Å². The van der Waals surface area contributed by atoms with Gasteiger partial charge in [-0.05, 0) is 44.9 Å². The second kappa shape index (κ2) is 4.35. The highest BCUT2D eigenvalue weighted by Gasteiger charge is 2.28. The first kappa shape index (κ1) is 13.0. The molecular formula is C14H17NO2S. The third-order valence-corrected chi connectivity index (χ3v) is 4.05. The summed E-state index contributed by atoms with van der Waals surface area (Å²) in [5.41, 5.74) is 2.60. The summed E-state index contributed by atoms with van der Waals surface area (Å²) in [5.74, 6) is -0.783. The third kappa shape index (κ3) is 2.38. The van der Waals surface area contributed by atoms with Crippen LogP contribution >= 0.6 is 11.3 Å². The van der Waals surface area contributed by atoms with Crippen molar-refractivity contribution < 1.29 is 9.90 Å². The molecule has 3 nitrogen and oxygen atoms in total. The van der Waals surface area contributed by atoms with E-state index >= 15 is 0 Å². The van der Waals surface area contributed by atoms with Gasteiger partial charge in [0.2, 0.25) is 0 Å². The highest BCUT2D eigenvalue weighted by Crippen LogP contribution is 2.30. The number of rotatable bonds is 3. The first-order chi connectivity index (χ1) is 8.29. The first-order valence-electron chi connectivity index (χ1n) is 5.90. The van der Waals surface area contributed by atoms with Crippen molar-refractivity contribution in [3.63, 3.8) is 0 Å². The molecule has 0 saturated carbocycles. The lowest BCUT2D eigenvalue weighted by Crippen LogP contribution is -2.26. The zero-order valence-corrected chi connectivity index (χ0v) is 11.9. The summed E-state index contributed by atoms with van der Waals surface area (Å²) in [4.78, 5) is 15.7. The normalized spacial score (nSPS) is 12.0. The monoisotopic (exact) mass is 263 g/mol. The van der Waals surface area contributed by atoms with Crippen LogP contribution in [0.5, 0.6) is 0 Å². The number of thiazole rings is 1. The van der Waals surface area contributed by atoms with Crippen molar-refractivity contribution in [2.45, 2.75) is 34.1 Å². The van der Waals surface area contributed by atoms with E-state index in [0.29, 0.717) is 6.42 Å². The molecule has 0 saturated heterocycles. The smallest absolute Gasteiger partial charge is 0.309 e. The number of aromatic nitrogens is 1. The van der Waals surface area contributed by atoms with E-state index in [2.05, 4.69) is 24.0 Å². The summed E-state index contributed by atoms with van der Waals surface area (Å²) in [7, 11) is 0. The van der Waals surface area contributed by atoms with Gasteiger partial charge in [0.25, 0.3) is 0 Å². The van der Waals surface area contributed by atoms with Crippen LogP contribution in [0.3, 0.4) is 0 Å². The van der Waals surface area contributed by atoms with Gasteiger partial charge in [-0.25, -0.2) is 4.98 Å². The van der Waals surface area contributed by atoms with Crippen molar-refractivity contribution in [1.82, 2.24) is 4.98 Å². The van der Waals surface area contributed by atoms with E-state index in [1.54, 1.807) is 25.2 Å². The summed E-state index contributed by atoms with van der Waals surface area (Å²) in [5, 5.41) is 10.0. The molecule has 0 radical (unpaired) electrons. The van der Waals surface area contributed by atoms with Crippen molar-refractivity contribution in [2.24, 2.45) is 5.41 Å². The number of fused-ring (bicyclic) bond motifs is 1. The van der Waals surface area contributed by atoms with E-state index in [0.717, 1.165) is 20.8 Å². The van der Waals surface area contributed by atoms with Gasteiger partial charge in [-0.15, -0.1) is 11.3 Å². The molecule has 96 valence electrons. The SMILES string of the molecule is Cc1cc(C)c2nc(CC(C)(C)C(=O)O)sc2c1. The van der Waals surface area contributed by atoms with Gasteiger partial charge in [-0.1, -0.05) is 6.07 Å². The molecule has 2 rings (SSSR count). The molecule has 0 aliphatic rings. The summed E-state index contributed by atoms with van der Waals surface area (Å²) in [6, 6.07) is 4.21. The van der Waals surface area contributed by atoms with Crippen LogP contribution in [0.25, 0.3) is 10.2 Å². The molecule has 0 aliphatic heterocycles. The fourth-order valence-corrected chi connectivity index (χ4v) is 3.32. The van der Waals surface area contributed by atoms with E-state index in [-0.39, 0.29) is 0 Å². The molecule has 4 heteroatoms. The van der Waals surface area contributed by atoms with Crippen LogP contribution in [-0.2, 0) is 11.2 Å². The number of carbonyl (C=O) groups is 1. The average Bonchev–Trinajstić information content (AvgIpc) is 2.59. The second-order valence-electron chi connectivity index (χ2n) is 5.40. The molecule has 1 heterocycles. The lowest BCUT2D eigenvalue weighted by atomic mass is 9.90. The molecule has 0 amide bonds. The Hall–Kier alpha value is -1.42. The minimum atomic E-state index is -0.783. The van der Waals surface area contributed by atoms with Gasteiger partial charge in [0.1, 0.15) is 0 Å². The van der Waals surface area contributed by atoms with Crippen molar-refractivity contribution in [2.75, 3.05) is 0 Å². The molecule has 2 aromatic rings. The topological polar surface area (TPSA) is 50.2 Å².